The zero-order chi connectivity index (χ0) is 23.7. The highest BCUT2D eigenvalue weighted by atomic mass is 16.7. The van der Waals surface area contributed by atoms with Crippen LogP contribution in [-0.4, -0.2) is 36.3 Å². The van der Waals surface area contributed by atoms with Crippen molar-refractivity contribution in [2.24, 2.45) is 0 Å². The molecule has 3 aromatic rings. The van der Waals surface area contributed by atoms with Gasteiger partial charge in [-0.25, -0.2) is 9.78 Å². The maximum atomic E-state index is 13.3. The molecule has 0 saturated heterocycles. The van der Waals surface area contributed by atoms with Gasteiger partial charge in [0.2, 0.25) is 6.79 Å². The lowest BCUT2D eigenvalue weighted by atomic mass is 10.0. The number of hydrogen-bond donors (Lipinski definition) is 1. The van der Waals surface area contributed by atoms with Gasteiger partial charge in [-0.1, -0.05) is 31.2 Å². The Bertz CT molecular complexity index is 1310. The van der Waals surface area contributed by atoms with Crippen molar-refractivity contribution in [3.63, 3.8) is 0 Å². The van der Waals surface area contributed by atoms with Crippen LogP contribution in [0.25, 0.3) is 22.6 Å². The third kappa shape index (κ3) is 4.09. The van der Waals surface area contributed by atoms with Crippen LogP contribution in [0, 0.1) is 0 Å². The lowest BCUT2D eigenvalue weighted by Crippen LogP contribution is -2.36. The van der Waals surface area contributed by atoms with Crippen molar-refractivity contribution in [1.29, 1.82) is 0 Å². The van der Waals surface area contributed by atoms with Crippen LogP contribution in [0.2, 0.25) is 0 Å². The summed E-state index contributed by atoms with van der Waals surface area (Å²) in [4.78, 5) is 30.5. The number of benzene rings is 2. The van der Waals surface area contributed by atoms with E-state index < -0.39 is 12.1 Å². The van der Waals surface area contributed by atoms with E-state index in [0.29, 0.717) is 18.5 Å². The number of nitrogens with one attached hydrogen (secondary N) is 1. The first-order chi connectivity index (χ1) is 16.5. The summed E-state index contributed by atoms with van der Waals surface area (Å²) in [6.45, 7) is 4.34. The van der Waals surface area contributed by atoms with Crippen LogP contribution in [0.1, 0.15) is 53.9 Å². The average Bonchev–Trinajstić information content (AvgIpc) is 3.47. The van der Waals surface area contributed by atoms with E-state index in [1.54, 1.807) is 6.92 Å². The molecular weight excluding hydrogens is 432 g/mol. The first-order valence-electron chi connectivity index (χ1n) is 11.6. The number of ether oxygens (including phenoxy) is 3. The fraction of sp³-hybridized carbons (Fsp3) is 0.296. The normalized spacial score (nSPS) is 15.9. The van der Waals surface area contributed by atoms with E-state index in [0.717, 1.165) is 57.6 Å². The molecule has 1 atom stereocenters. The molecule has 2 aromatic carbocycles. The van der Waals surface area contributed by atoms with E-state index in [1.165, 1.54) is 0 Å². The predicted octanol–water partition coefficient (Wildman–Crippen LogP) is 4.52. The Morgan fingerprint density at radius 1 is 1.15 bits per heavy atom. The number of amides is 1. The van der Waals surface area contributed by atoms with Crippen molar-refractivity contribution < 1.29 is 23.8 Å². The van der Waals surface area contributed by atoms with E-state index >= 15 is 0 Å². The highest BCUT2D eigenvalue weighted by molar-refractivity contribution is 6.07. The van der Waals surface area contributed by atoms with Gasteiger partial charge in [-0.15, -0.1) is 0 Å². The number of allylic oxidation sites excluding steroid dienone is 1. The molecule has 1 aromatic heterocycles. The number of pyridine rings is 1. The number of aromatic nitrogens is 1. The summed E-state index contributed by atoms with van der Waals surface area (Å²) in [6.07, 6.45) is 3.43. The zero-order valence-electron chi connectivity index (χ0n) is 19.2. The molecule has 0 bridgehead atoms. The van der Waals surface area contributed by atoms with Crippen molar-refractivity contribution >= 4 is 34.4 Å². The van der Waals surface area contributed by atoms with Gasteiger partial charge in [0.05, 0.1) is 16.8 Å². The second-order valence-corrected chi connectivity index (χ2v) is 8.45. The lowest BCUT2D eigenvalue weighted by molar-refractivity contribution is -0.129. The number of carbonyl (C=O) groups excluding carboxylic acids is 2. The van der Waals surface area contributed by atoms with Crippen molar-refractivity contribution in [2.75, 3.05) is 13.3 Å². The summed E-state index contributed by atoms with van der Waals surface area (Å²) >= 11 is 0. The second kappa shape index (κ2) is 9.17. The summed E-state index contributed by atoms with van der Waals surface area (Å²) in [6, 6.07) is 13.4. The van der Waals surface area contributed by atoms with Gasteiger partial charge in [0.1, 0.15) is 0 Å². The number of hydrogen-bond acceptors (Lipinski definition) is 6. The predicted molar refractivity (Wildman–Crippen MR) is 129 cm³/mol. The van der Waals surface area contributed by atoms with Crippen molar-refractivity contribution in [3.8, 4) is 11.5 Å². The Hall–Kier alpha value is -3.87. The molecule has 5 rings (SSSR count). The van der Waals surface area contributed by atoms with Gasteiger partial charge in [0.15, 0.2) is 17.6 Å². The lowest BCUT2D eigenvalue weighted by Gasteiger charge is -2.16. The minimum absolute atomic E-state index is 0.228. The second-order valence-electron chi connectivity index (χ2n) is 8.45. The molecule has 2 heterocycles. The molecule has 2 aliphatic rings. The monoisotopic (exact) mass is 458 g/mol. The number of rotatable bonds is 6. The number of esters is 1. The van der Waals surface area contributed by atoms with E-state index in [4.69, 9.17) is 19.2 Å². The van der Waals surface area contributed by atoms with E-state index in [9.17, 15) is 9.59 Å². The Morgan fingerprint density at radius 2 is 1.97 bits per heavy atom. The Kier molecular flexibility index (Phi) is 5.92. The summed E-state index contributed by atoms with van der Waals surface area (Å²) < 4.78 is 16.5. The van der Waals surface area contributed by atoms with Gasteiger partial charge in [-0.2, -0.15) is 0 Å². The van der Waals surface area contributed by atoms with Gasteiger partial charge in [-0.05, 0) is 67.2 Å². The quantitative estimate of drug-likeness (QED) is 0.547. The summed E-state index contributed by atoms with van der Waals surface area (Å²) in [5.74, 6) is 0.658. The third-order valence-corrected chi connectivity index (χ3v) is 6.09. The molecule has 34 heavy (non-hydrogen) atoms. The molecule has 1 aliphatic heterocycles. The van der Waals surface area contributed by atoms with Gasteiger partial charge < -0.3 is 19.5 Å². The van der Waals surface area contributed by atoms with E-state index in [-0.39, 0.29) is 12.7 Å². The molecule has 1 aliphatic carbocycles. The highest BCUT2D eigenvalue weighted by Crippen LogP contribution is 2.39. The first-order valence-corrected chi connectivity index (χ1v) is 11.6. The number of para-hydroxylation sites is 1. The van der Waals surface area contributed by atoms with Gasteiger partial charge in [-0.3, -0.25) is 4.79 Å². The average molecular weight is 459 g/mol. The molecule has 1 N–H and O–H groups in total. The molecule has 1 amide bonds. The molecule has 7 nitrogen and oxygen atoms in total. The smallest absolute Gasteiger partial charge is 0.339 e. The number of carbonyl (C=O) groups is 2. The summed E-state index contributed by atoms with van der Waals surface area (Å²) in [5, 5.41) is 3.51. The Balaban J connectivity index is 1.51. The number of nitrogens with zero attached hydrogens (tertiary/aromatic N) is 1. The standard InChI is InChI=1S/C27H26N2O5/c1-3-12-28-26(30)16(2)34-27(31)24-19-6-4-5-7-21(19)29-25-18(9-10-20(24)25)13-17-8-11-22-23(14-17)33-15-32-22/h4-8,11,13-14,16H,3,9-10,12,15H2,1-2H3,(H,28,30)/b18-13+. The maximum Gasteiger partial charge on any atom is 0.339 e. The Morgan fingerprint density at radius 3 is 2.82 bits per heavy atom. The third-order valence-electron chi connectivity index (χ3n) is 6.09. The van der Waals surface area contributed by atoms with Crippen molar-refractivity contribution in [2.45, 2.75) is 39.2 Å². The van der Waals surface area contributed by atoms with Gasteiger partial charge in [0.25, 0.3) is 5.91 Å². The fourth-order valence-electron chi connectivity index (χ4n) is 4.38. The Labute approximate surface area is 197 Å². The van der Waals surface area contributed by atoms with Crippen molar-refractivity contribution in [3.05, 3.63) is 64.8 Å². The SMILES string of the molecule is CCCNC(=O)C(C)OC(=O)c1c2c(nc3ccccc13)/C(=C/c1ccc3c(c1)OCO3)CC2. The van der Waals surface area contributed by atoms with Crippen LogP contribution in [0.3, 0.4) is 0 Å². The minimum atomic E-state index is -0.883. The van der Waals surface area contributed by atoms with E-state index in [1.807, 2.05) is 49.4 Å². The van der Waals surface area contributed by atoms with Gasteiger partial charge in [0, 0.05) is 11.9 Å². The molecule has 0 fully saturated rings. The van der Waals surface area contributed by atoms with Crippen LogP contribution in [0.5, 0.6) is 11.5 Å². The molecule has 7 heteroatoms. The molecular formula is C27H26N2O5. The summed E-state index contributed by atoms with van der Waals surface area (Å²) in [5.41, 5.74) is 4.89. The first kappa shape index (κ1) is 21.9. The minimum Gasteiger partial charge on any atom is -0.454 e. The summed E-state index contributed by atoms with van der Waals surface area (Å²) in [7, 11) is 0. The molecule has 174 valence electrons. The van der Waals surface area contributed by atoms with Crippen LogP contribution in [0.15, 0.2) is 42.5 Å². The van der Waals surface area contributed by atoms with Crippen LogP contribution >= 0.6 is 0 Å². The molecule has 0 spiro atoms. The number of fused-ring (bicyclic) bond motifs is 3. The maximum absolute atomic E-state index is 13.3. The van der Waals surface area contributed by atoms with Crippen LogP contribution < -0.4 is 14.8 Å². The zero-order valence-corrected chi connectivity index (χ0v) is 19.2. The van der Waals surface area contributed by atoms with Crippen LogP contribution in [-0.2, 0) is 16.0 Å². The highest BCUT2D eigenvalue weighted by Gasteiger charge is 2.29. The van der Waals surface area contributed by atoms with Crippen LogP contribution in [0.4, 0.5) is 0 Å². The van der Waals surface area contributed by atoms with E-state index in [2.05, 4.69) is 11.4 Å². The largest absolute Gasteiger partial charge is 0.454 e. The molecule has 0 radical (unpaired) electrons. The van der Waals surface area contributed by atoms with Crippen molar-refractivity contribution in [1.82, 2.24) is 10.3 Å². The van der Waals surface area contributed by atoms with Gasteiger partial charge >= 0.3 is 5.97 Å². The molecule has 1 unspecified atom stereocenters. The molecule has 0 saturated carbocycles. The fourth-order valence-corrected chi connectivity index (χ4v) is 4.38. The topological polar surface area (TPSA) is 86.8 Å².